The SMILES string of the molecule is CC(C)C(C1CC2(CCN2)C1)N1CC2(CCN(c3ncnnc3Oc3ccc(F)cc3-c3cncnc3C3CC3)C2)C1. The molecule has 3 saturated heterocycles. The highest BCUT2D eigenvalue weighted by Gasteiger charge is 2.56. The number of rotatable bonds is 8. The van der Waals surface area contributed by atoms with Crippen molar-refractivity contribution in [2.24, 2.45) is 17.3 Å². The van der Waals surface area contributed by atoms with Crippen molar-refractivity contribution in [3.05, 3.63) is 48.6 Å². The van der Waals surface area contributed by atoms with E-state index in [1.807, 2.05) is 0 Å². The van der Waals surface area contributed by atoms with Crippen LogP contribution in [0.4, 0.5) is 10.2 Å². The second-order valence-electron chi connectivity index (χ2n) is 13.9. The molecule has 5 heterocycles. The molecule has 5 aliphatic rings. The lowest BCUT2D eigenvalue weighted by Crippen LogP contribution is -2.70. The zero-order chi connectivity index (χ0) is 28.5. The lowest BCUT2D eigenvalue weighted by atomic mass is 9.58. The Morgan fingerprint density at radius 2 is 1.88 bits per heavy atom. The summed E-state index contributed by atoms with van der Waals surface area (Å²) in [6.07, 6.45) is 12.1. The van der Waals surface area contributed by atoms with Crippen molar-refractivity contribution in [3.63, 3.8) is 0 Å². The first kappa shape index (κ1) is 26.4. The second kappa shape index (κ2) is 9.91. The van der Waals surface area contributed by atoms with Gasteiger partial charge in [0.1, 0.15) is 24.2 Å². The molecule has 1 N–H and O–H groups in total. The Bertz CT molecular complexity index is 1480. The van der Waals surface area contributed by atoms with E-state index in [-0.39, 0.29) is 11.2 Å². The average Bonchev–Trinajstić information content (AvgIpc) is 3.68. The van der Waals surface area contributed by atoms with Gasteiger partial charge in [-0.3, -0.25) is 4.90 Å². The van der Waals surface area contributed by atoms with Crippen LogP contribution in [0.5, 0.6) is 11.6 Å². The van der Waals surface area contributed by atoms with Crippen LogP contribution in [0.2, 0.25) is 0 Å². The molecule has 2 aromatic heterocycles. The lowest BCUT2D eigenvalue weighted by molar-refractivity contribution is -0.0936. The van der Waals surface area contributed by atoms with E-state index < -0.39 is 0 Å². The lowest BCUT2D eigenvalue weighted by Gasteiger charge is -2.62. The van der Waals surface area contributed by atoms with Crippen molar-refractivity contribution in [2.75, 3.05) is 37.6 Å². The van der Waals surface area contributed by atoms with Crippen LogP contribution in [-0.2, 0) is 0 Å². The number of benzene rings is 1. The molecule has 220 valence electrons. The fraction of sp³-hybridized carbons (Fsp3) is 0.594. The van der Waals surface area contributed by atoms with E-state index in [4.69, 9.17) is 4.74 Å². The Hall–Kier alpha value is -3.24. The first-order valence-electron chi connectivity index (χ1n) is 15.6. The number of aromatic nitrogens is 5. The number of hydrogen-bond donors (Lipinski definition) is 1. The van der Waals surface area contributed by atoms with Gasteiger partial charge in [0, 0.05) is 66.4 Å². The maximum atomic E-state index is 14.5. The van der Waals surface area contributed by atoms with Crippen LogP contribution in [-0.4, -0.2) is 74.4 Å². The van der Waals surface area contributed by atoms with Gasteiger partial charge >= 0.3 is 0 Å². The number of ether oxygens (including phenoxy) is 1. The molecule has 3 aliphatic heterocycles. The van der Waals surface area contributed by atoms with Crippen LogP contribution < -0.4 is 15.0 Å². The molecule has 1 atom stereocenters. The third-order valence-corrected chi connectivity index (χ3v) is 10.5. The molecule has 0 radical (unpaired) electrons. The van der Waals surface area contributed by atoms with Crippen molar-refractivity contribution in [1.29, 1.82) is 0 Å². The van der Waals surface area contributed by atoms with Gasteiger partial charge in [-0.05, 0) is 75.1 Å². The molecule has 9 nitrogen and oxygen atoms in total. The summed E-state index contributed by atoms with van der Waals surface area (Å²) in [7, 11) is 0. The van der Waals surface area contributed by atoms with Gasteiger partial charge in [-0.25, -0.2) is 19.3 Å². The first-order valence-corrected chi connectivity index (χ1v) is 15.6. The van der Waals surface area contributed by atoms with E-state index in [2.05, 4.69) is 54.1 Å². The summed E-state index contributed by atoms with van der Waals surface area (Å²) in [5, 5.41) is 12.1. The monoisotopic (exact) mass is 570 g/mol. The Balaban J connectivity index is 0.994. The summed E-state index contributed by atoms with van der Waals surface area (Å²) in [6, 6.07) is 5.22. The van der Waals surface area contributed by atoms with Crippen molar-refractivity contribution in [3.8, 4) is 22.8 Å². The van der Waals surface area contributed by atoms with E-state index >= 15 is 0 Å². The van der Waals surface area contributed by atoms with Gasteiger partial charge in [-0.2, -0.15) is 0 Å². The van der Waals surface area contributed by atoms with E-state index in [0.717, 1.165) is 62.6 Å². The number of hydrogen-bond acceptors (Lipinski definition) is 9. The van der Waals surface area contributed by atoms with Crippen LogP contribution in [0.1, 0.15) is 64.0 Å². The molecule has 3 aromatic rings. The highest BCUT2D eigenvalue weighted by atomic mass is 19.1. The van der Waals surface area contributed by atoms with Crippen LogP contribution in [0, 0.1) is 23.1 Å². The summed E-state index contributed by atoms with van der Waals surface area (Å²) in [4.78, 5) is 18.4. The van der Waals surface area contributed by atoms with Crippen molar-refractivity contribution >= 4 is 5.82 Å². The first-order chi connectivity index (χ1) is 20.4. The van der Waals surface area contributed by atoms with Gasteiger partial charge in [0.05, 0.1) is 5.69 Å². The third kappa shape index (κ3) is 4.54. The summed E-state index contributed by atoms with van der Waals surface area (Å²) in [5.74, 6) is 3.05. The van der Waals surface area contributed by atoms with E-state index in [9.17, 15) is 4.39 Å². The van der Waals surface area contributed by atoms with Crippen LogP contribution >= 0.6 is 0 Å². The molecule has 0 amide bonds. The minimum Gasteiger partial charge on any atom is -0.434 e. The van der Waals surface area contributed by atoms with Gasteiger partial charge in [-0.15, -0.1) is 10.2 Å². The molecule has 2 spiro atoms. The van der Waals surface area contributed by atoms with E-state index in [1.165, 1.54) is 44.3 Å². The fourth-order valence-electron chi connectivity index (χ4n) is 8.35. The highest BCUT2D eigenvalue weighted by molar-refractivity contribution is 5.73. The van der Waals surface area contributed by atoms with Gasteiger partial charge < -0.3 is 15.0 Å². The summed E-state index contributed by atoms with van der Waals surface area (Å²) in [6.45, 7) is 10.1. The molecule has 1 unspecified atom stereocenters. The maximum absolute atomic E-state index is 14.5. The summed E-state index contributed by atoms with van der Waals surface area (Å²) >= 11 is 0. The standard InChI is InChI=1S/C32H39FN8O/c1-20(2)28(22-12-32(13-22)7-9-37-32)41-16-31(17-41)8-10-40(15-31)29-30(39-38-19-36-29)42-26-6-5-23(33)11-24(26)25-14-34-18-35-27(25)21-3-4-21/h5-6,11,14,18-22,28,37H,3-4,7-10,12-13,15-17H2,1-2H3. The Morgan fingerprint density at radius 1 is 1.05 bits per heavy atom. The Kier molecular flexibility index (Phi) is 6.23. The molecule has 2 saturated carbocycles. The van der Waals surface area contributed by atoms with Gasteiger partial charge in [0.2, 0.25) is 0 Å². The number of likely N-dealkylation sites (tertiary alicyclic amines) is 1. The fourth-order valence-corrected chi connectivity index (χ4v) is 8.35. The molecule has 1 aromatic carbocycles. The van der Waals surface area contributed by atoms with Gasteiger partial charge in [-0.1, -0.05) is 13.8 Å². The maximum Gasteiger partial charge on any atom is 0.282 e. The number of halogens is 1. The van der Waals surface area contributed by atoms with Crippen LogP contribution in [0.3, 0.4) is 0 Å². The molecule has 2 aliphatic carbocycles. The van der Waals surface area contributed by atoms with Crippen LogP contribution in [0.15, 0.2) is 37.1 Å². The zero-order valence-corrected chi connectivity index (χ0v) is 24.5. The Morgan fingerprint density at radius 3 is 2.62 bits per heavy atom. The van der Waals surface area contributed by atoms with E-state index in [1.54, 1.807) is 18.6 Å². The minimum atomic E-state index is -0.336. The normalized spacial score (nSPS) is 27.1. The molecule has 8 rings (SSSR count). The third-order valence-electron chi connectivity index (χ3n) is 10.5. The smallest absolute Gasteiger partial charge is 0.282 e. The van der Waals surface area contributed by atoms with Crippen molar-refractivity contribution in [1.82, 2.24) is 35.4 Å². The van der Waals surface area contributed by atoms with Crippen molar-refractivity contribution in [2.45, 2.75) is 69.9 Å². The minimum absolute atomic E-state index is 0.271. The molecule has 5 fully saturated rings. The number of anilines is 1. The average molecular weight is 571 g/mol. The summed E-state index contributed by atoms with van der Waals surface area (Å²) < 4.78 is 20.9. The summed E-state index contributed by atoms with van der Waals surface area (Å²) in [5.41, 5.74) is 3.10. The number of nitrogens with zero attached hydrogens (tertiary/aromatic N) is 7. The molecular formula is C32H39FN8O. The largest absolute Gasteiger partial charge is 0.434 e. The Labute approximate surface area is 246 Å². The predicted molar refractivity (Wildman–Crippen MR) is 157 cm³/mol. The number of nitrogens with one attached hydrogen (secondary N) is 1. The second-order valence-corrected chi connectivity index (χ2v) is 13.9. The molecular weight excluding hydrogens is 531 g/mol. The quantitative estimate of drug-likeness (QED) is 0.409. The van der Waals surface area contributed by atoms with E-state index in [0.29, 0.717) is 46.4 Å². The van der Waals surface area contributed by atoms with Crippen LogP contribution in [0.25, 0.3) is 11.1 Å². The van der Waals surface area contributed by atoms with Crippen molar-refractivity contribution < 1.29 is 9.13 Å². The van der Waals surface area contributed by atoms with Gasteiger partial charge in [0.25, 0.3) is 5.88 Å². The molecule has 0 bridgehead atoms. The topological polar surface area (TPSA) is 92.2 Å². The van der Waals surface area contributed by atoms with Gasteiger partial charge in [0.15, 0.2) is 5.82 Å². The predicted octanol–water partition coefficient (Wildman–Crippen LogP) is 4.82. The zero-order valence-electron chi connectivity index (χ0n) is 24.5. The molecule has 10 heteroatoms. The highest BCUT2D eigenvalue weighted by Crippen LogP contribution is 2.52. The molecule has 42 heavy (non-hydrogen) atoms.